The monoisotopic (exact) mass is 328 g/mol. The minimum Gasteiger partial charge on any atom is -0.465 e. The first-order valence-corrected chi connectivity index (χ1v) is 7.86. The van der Waals surface area contributed by atoms with Crippen molar-refractivity contribution in [2.24, 2.45) is 17.0 Å². The Labute approximate surface area is 135 Å². The van der Waals surface area contributed by atoms with Crippen LogP contribution >= 0.6 is 0 Å². The van der Waals surface area contributed by atoms with E-state index in [1.165, 1.54) is 6.42 Å². The first-order valence-electron chi connectivity index (χ1n) is 7.86. The number of carbonyl (C=O) groups excluding carboxylic acids is 3. The number of oxime groups is 1. The van der Waals surface area contributed by atoms with Crippen LogP contribution in [0.2, 0.25) is 0 Å². The maximum atomic E-state index is 11.8. The Balaban J connectivity index is 2.32. The molecule has 1 fully saturated rings. The normalized spacial score (nSPS) is 16.7. The minimum absolute atomic E-state index is 0.0955. The van der Waals surface area contributed by atoms with E-state index in [4.69, 9.17) is 14.7 Å². The van der Waals surface area contributed by atoms with Gasteiger partial charge in [0.05, 0.1) is 12.8 Å². The molecule has 0 aromatic rings. The van der Waals surface area contributed by atoms with Crippen LogP contribution in [-0.2, 0) is 23.9 Å². The van der Waals surface area contributed by atoms with Gasteiger partial charge in [0.2, 0.25) is 5.91 Å². The zero-order chi connectivity index (χ0) is 17.1. The number of nitrogens with one attached hydrogen (secondary N) is 1. The van der Waals surface area contributed by atoms with Crippen LogP contribution < -0.4 is 5.32 Å². The molecule has 0 heterocycles. The molecule has 1 atom stereocenters. The van der Waals surface area contributed by atoms with E-state index in [-0.39, 0.29) is 19.3 Å². The third-order valence-electron chi connectivity index (χ3n) is 3.70. The highest BCUT2D eigenvalue weighted by Crippen LogP contribution is 2.26. The van der Waals surface area contributed by atoms with Gasteiger partial charge in [-0.1, -0.05) is 19.3 Å². The Bertz CT molecular complexity index is 432. The van der Waals surface area contributed by atoms with Crippen molar-refractivity contribution in [1.82, 2.24) is 5.32 Å². The van der Waals surface area contributed by atoms with Gasteiger partial charge in [-0.15, -0.1) is 5.16 Å². The van der Waals surface area contributed by atoms with Gasteiger partial charge in [0, 0.05) is 6.42 Å². The van der Waals surface area contributed by atoms with Gasteiger partial charge in [-0.05, 0) is 25.7 Å². The SMILES string of the molecule is CCOC(=O)C(C=NO)C(=O)NCOC(=O)CC1CCCCC1. The summed E-state index contributed by atoms with van der Waals surface area (Å²) in [6, 6.07) is 0. The lowest BCUT2D eigenvalue weighted by molar-refractivity contribution is -0.150. The number of rotatable bonds is 8. The van der Waals surface area contributed by atoms with Gasteiger partial charge in [0.15, 0.2) is 12.6 Å². The van der Waals surface area contributed by atoms with Crippen LogP contribution in [-0.4, -0.2) is 42.6 Å². The van der Waals surface area contributed by atoms with E-state index >= 15 is 0 Å². The summed E-state index contributed by atoms with van der Waals surface area (Å²) in [5.74, 6) is -3.00. The van der Waals surface area contributed by atoms with E-state index < -0.39 is 17.8 Å². The summed E-state index contributed by atoms with van der Waals surface area (Å²) >= 11 is 0. The van der Waals surface area contributed by atoms with Gasteiger partial charge in [-0.3, -0.25) is 14.4 Å². The summed E-state index contributed by atoms with van der Waals surface area (Å²) in [7, 11) is 0. The van der Waals surface area contributed by atoms with Crippen molar-refractivity contribution < 1.29 is 29.1 Å². The third kappa shape index (κ3) is 7.12. The highest BCUT2D eigenvalue weighted by Gasteiger charge is 2.26. The molecule has 1 aliphatic rings. The van der Waals surface area contributed by atoms with Crippen molar-refractivity contribution in [3.63, 3.8) is 0 Å². The van der Waals surface area contributed by atoms with Gasteiger partial charge in [-0.25, -0.2) is 0 Å². The molecule has 0 spiro atoms. The summed E-state index contributed by atoms with van der Waals surface area (Å²) in [5.41, 5.74) is 0. The number of carbonyl (C=O) groups is 3. The van der Waals surface area contributed by atoms with Crippen LogP contribution in [0.3, 0.4) is 0 Å². The molecule has 0 aliphatic heterocycles. The van der Waals surface area contributed by atoms with Crippen LogP contribution in [0.4, 0.5) is 0 Å². The molecule has 0 aromatic carbocycles. The Morgan fingerprint density at radius 2 is 1.96 bits per heavy atom. The lowest BCUT2D eigenvalue weighted by atomic mass is 9.87. The van der Waals surface area contributed by atoms with Crippen molar-refractivity contribution in [3.05, 3.63) is 0 Å². The van der Waals surface area contributed by atoms with Crippen LogP contribution in [0.15, 0.2) is 5.16 Å². The molecule has 1 saturated carbocycles. The zero-order valence-electron chi connectivity index (χ0n) is 13.3. The Morgan fingerprint density at radius 1 is 1.26 bits per heavy atom. The molecule has 8 heteroatoms. The molecular formula is C15H24N2O6. The molecule has 2 N–H and O–H groups in total. The van der Waals surface area contributed by atoms with E-state index in [1.807, 2.05) is 0 Å². The van der Waals surface area contributed by atoms with Gasteiger partial charge < -0.3 is 20.0 Å². The van der Waals surface area contributed by atoms with E-state index in [0.717, 1.165) is 31.9 Å². The summed E-state index contributed by atoms with van der Waals surface area (Å²) in [4.78, 5) is 35.0. The average molecular weight is 328 g/mol. The van der Waals surface area contributed by atoms with Crippen molar-refractivity contribution in [2.45, 2.75) is 45.4 Å². The number of esters is 2. The lowest BCUT2D eigenvalue weighted by Crippen LogP contribution is -2.39. The van der Waals surface area contributed by atoms with E-state index in [1.54, 1.807) is 6.92 Å². The number of nitrogens with zero attached hydrogens (tertiary/aromatic N) is 1. The second-order valence-corrected chi connectivity index (χ2v) is 5.40. The second-order valence-electron chi connectivity index (χ2n) is 5.40. The van der Waals surface area contributed by atoms with Crippen molar-refractivity contribution in [2.75, 3.05) is 13.3 Å². The quantitative estimate of drug-likeness (QED) is 0.173. The average Bonchev–Trinajstić information content (AvgIpc) is 2.53. The summed E-state index contributed by atoms with van der Waals surface area (Å²) < 4.78 is 9.65. The smallest absolute Gasteiger partial charge is 0.324 e. The predicted molar refractivity (Wildman–Crippen MR) is 80.7 cm³/mol. The number of hydrogen-bond acceptors (Lipinski definition) is 7. The molecular weight excluding hydrogens is 304 g/mol. The second kappa shape index (κ2) is 10.6. The Kier molecular flexibility index (Phi) is 8.71. The molecule has 1 amide bonds. The van der Waals surface area contributed by atoms with Crippen molar-refractivity contribution in [1.29, 1.82) is 0 Å². The molecule has 0 aromatic heterocycles. The first kappa shape index (κ1) is 18.9. The maximum Gasteiger partial charge on any atom is 0.324 e. The number of ether oxygens (including phenoxy) is 2. The van der Waals surface area contributed by atoms with Crippen molar-refractivity contribution >= 4 is 24.1 Å². The molecule has 1 aliphatic carbocycles. The molecule has 23 heavy (non-hydrogen) atoms. The fourth-order valence-electron chi connectivity index (χ4n) is 2.52. The number of hydrogen-bond donors (Lipinski definition) is 2. The minimum atomic E-state index is -1.38. The molecule has 0 bridgehead atoms. The molecule has 1 unspecified atom stereocenters. The fraction of sp³-hybridized carbons (Fsp3) is 0.733. The Hall–Kier alpha value is -2.12. The van der Waals surface area contributed by atoms with Gasteiger partial charge >= 0.3 is 11.9 Å². The van der Waals surface area contributed by atoms with Gasteiger partial charge in [0.25, 0.3) is 0 Å². The van der Waals surface area contributed by atoms with Gasteiger partial charge in [-0.2, -0.15) is 0 Å². The summed E-state index contributed by atoms with van der Waals surface area (Å²) in [5, 5.41) is 13.5. The van der Waals surface area contributed by atoms with Crippen LogP contribution in [0.25, 0.3) is 0 Å². The standard InChI is InChI=1S/C15H24N2O6/c1-2-22-15(20)12(9-17-21)14(19)16-10-23-13(18)8-11-6-4-3-5-7-11/h9,11-12,21H,2-8,10H2,1H3,(H,16,19). The van der Waals surface area contributed by atoms with Crippen LogP contribution in [0, 0.1) is 11.8 Å². The summed E-state index contributed by atoms with van der Waals surface area (Å²) in [6.45, 7) is 1.35. The molecule has 0 radical (unpaired) electrons. The first-order chi connectivity index (χ1) is 11.1. The lowest BCUT2D eigenvalue weighted by Gasteiger charge is -2.20. The van der Waals surface area contributed by atoms with E-state index in [2.05, 4.69) is 10.5 Å². The predicted octanol–water partition coefficient (Wildman–Crippen LogP) is 1.21. The number of amides is 1. The van der Waals surface area contributed by atoms with E-state index in [0.29, 0.717) is 12.3 Å². The topological polar surface area (TPSA) is 114 Å². The fourth-order valence-corrected chi connectivity index (χ4v) is 2.52. The van der Waals surface area contributed by atoms with E-state index in [9.17, 15) is 14.4 Å². The molecule has 130 valence electrons. The largest absolute Gasteiger partial charge is 0.465 e. The third-order valence-corrected chi connectivity index (χ3v) is 3.70. The zero-order valence-corrected chi connectivity index (χ0v) is 13.3. The molecule has 8 nitrogen and oxygen atoms in total. The maximum absolute atomic E-state index is 11.8. The molecule has 1 rings (SSSR count). The highest BCUT2D eigenvalue weighted by molar-refractivity contribution is 6.10. The highest BCUT2D eigenvalue weighted by atomic mass is 16.5. The van der Waals surface area contributed by atoms with Crippen LogP contribution in [0.5, 0.6) is 0 Å². The summed E-state index contributed by atoms with van der Waals surface area (Å²) in [6.07, 6.45) is 6.64. The Morgan fingerprint density at radius 3 is 2.57 bits per heavy atom. The van der Waals surface area contributed by atoms with Crippen LogP contribution in [0.1, 0.15) is 45.4 Å². The molecule has 0 saturated heterocycles. The van der Waals surface area contributed by atoms with Gasteiger partial charge in [0.1, 0.15) is 0 Å². The van der Waals surface area contributed by atoms with Crippen molar-refractivity contribution in [3.8, 4) is 0 Å².